The number of imidazole rings is 1. The lowest BCUT2D eigenvalue weighted by atomic mass is 10.0. The maximum Gasteiger partial charge on any atom is 0.411 e. The Hall–Kier alpha value is -5.09. The minimum Gasteiger partial charge on any atom is -0.495 e. The molecule has 47 heavy (non-hydrogen) atoms. The highest BCUT2D eigenvalue weighted by molar-refractivity contribution is 6.36. The summed E-state index contributed by atoms with van der Waals surface area (Å²) in [4.78, 5) is 28.2. The van der Waals surface area contributed by atoms with Gasteiger partial charge in [0.2, 0.25) is 0 Å². The maximum absolute atomic E-state index is 12.1. The molecule has 0 aliphatic heterocycles. The van der Waals surface area contributed by atoms with Crippen LogP contribution in [0.3, 0.4) is 0 Å². The lowest BCUT2D eigenvalue weighted by Crippen LogP contribution is -2.16. The van der Waals surface area contributed by atoms with Crippen molar-refractivity contribution in [2.75, 3.05) is 32.8 Å². The molecule has 240 valence electrons. The van der Waals surface area contributed by atoms with E-state index in [1.807, 2.05) is 65.4 Å². The van der Waals surface area contributed by atoms with E-state index in [1.165, 1.54) is 14.2 Å². The van der Waals surface area contributed by atoms with Crippen molar-refractivity contribution in [3.8, 4) is 28.1 Å². The Morgan fingerprint density at radius 3 is 2.32 bits per heavy atom. The number of hydrogen-bond donors (Lipinski definition) is 2. The Kier molecular flexibility index (Phi) is 11.0. The molecule has 2 N–H and O–H groups in total. The van der Waals surface area contributed by atoms with Crippen molar-refractivity contribution in [3.63, 3.8) is 0 Å². The van der Waals surface area contributed by atoms with E-state index in [4.69, 9.17) is 42.4 Å². The molecular formula is C36H31Cl2N3O6. The zero-order chi connectivity index (χ0) is 33.3. The number of aromatic carboxylic acids is 1. The van der Waals surface area contributed by atoms with Gasteiger partial charge in [0.15, 0.2) is 0 Å². The highest BCUT2D eigenvalue weighted by atomic mass is 35.5. The molecule has 1 amide bonds. The van der Waals surface area contributed by atoms with Crippen LogP contribution in [0, 0.1) is 0 Å². The number of benzene rings is 4. The first-order chi connectivity index (χ1) is 22.7. The molecule has 5 aromatic rings. The van der Waals surface area contributed by atoms with Gasteiger partial charge in [-0.3, -0.25) is 5.32 Å². The summed E-state index contributed by atoms with van der Waals surface area (Å²) < 4.78 is 17.5. The summed E-state index contributed by atoms with van der Waals surface area (Å²) in [5, 5.41) is 13.0. The molecule has 0 spiro atoms. The van der Waals surface area contributed by atoms with Gasteiger partial charge in [-0.1, -0.05) is 71.7 Å². The average molecular weight is 673 g/mol. The second-order valence-electron chi connectivity index (χ2n) is 10.4. The van der Waals surface area contributed by atoms with E-state index in [0.717, 1.165) is 27.8 Å². The first-order valence-electron chi connectivity index (χ1n) is 14.5. The molecule has 1 aromatic heterocycles. The lowest BCUT2D eigenvalue weighted by Gasteiger charge is -2.12. The van der Waals surface area contributed by atoms with Crippen molar-refractivity contribution >= 4 is 53.1 Å². The number of carbonyl (C=O) groups excluding carboxylic acids is 1. The zero-order valence-corrected chi connectivity index (χ0v) is 27.1. The first-order valence-corrected chi connectivity index (χ1v) is 15.2. The minimum absolute atomic E-state index is 0.145. The van der Waals surface area contributed by atoms with Gasteiger partial charge in [0, 0.05) is 30.4 Å². The van der Waals surface area contributed by atoms with Crippen molar-refractivity contribution < 1.29 is 28.9 Å². The molecule has 0 saturated carbocycles. The Labute approximate surface area is 282 Å². The number of halogens is 2. The molecule has 1 heterocycles. The number of nitrogens with zero attached hydrogens (tertiary/aromatic N) is 2. The maximum atomic E-state index is 12.1. The van der Waals surface area contributed by atoms with Gasteiger partial charge in [-0.25, -0.2) is 14.6 Å². The fourth-order valence-corrected chi connectivity index (χ4v) is 5.27. The van der Waals surface area contributed by atoms with Crippen LogP contribution >= 0.6 is 23.2 Å². The standard InChI is InChI=1S/C36H31Cl2N3O6/c1-45-17-18-47-36(44)40-31-15-12-27(19-33(31)46-2)25-8-3-23(4-9-25)7-16-34-39-32(29-14-13-28(37)20-30(29)38)22-41(34)21-24-5-10-26(11-6-24)35(42)43/h3-16,19-20,22H,17-18,21H2,1-2H3,(H,40,44)(H,42,43). The van der Waals surface area contributed by atoms with Gasteiger partial charge in [-0.15, -0.1) is 0 Å². The van der Waals surface area contributed by atoms with E-state index in [1.54, 1.807) is 42.5 Å². The number of anilines is 1. The quantitative estimate of drug-likeness (QED) is 0.128. The number of methoxy groups -OCH3 is 2. The third kappa shape index (κ3) is 8.59. The number of carboxylic acid groups (broad SMARTS) is 1. The van der Waals surface area contributed by atoms with E-state index in [9.17, 15) is 14.7 Å². The predicted molar refractivity (Wildman–Crippen MR) is 184 cm³/mol. The number of carbonyl (C=O) groups is 2. The second-order valence-corrected chi connectivity index (χ2v) is 11.2. The normalized spacial score (nSPS) is 11.1. The summed E-state index contributed by atoms with van der Waals surface area (Å²) in [5.41, 5.74) is 5.87. The third-order valence-electron chi connectivity index (χ3n) is 7.20. The molecule has 0 saturated heterocycles. The van der Waals surface area contributed by atoms with Crippen LogP contribution in [0.15, 0.2) is 91.1 Å². The molecule has 4 aromatic carbocycles. The third-order valence-corrected chi connectivity index (χ3v) is 7.74. The number of hydrogen-bond acceptors (Lipinski definition) is 6. The molecule has 0 bridgehead atoms. The Bertz CT molecular complexity index is 1900. The van der Waals surface area contributed by atoms with Crippen LogP contribution in [-0.4, -0.2) is 54.2 Å². The highest BCUT2D eigenvalue weighted by Crippen LogP contribution is 2.32. The fraction of sp³-hybridized carbons (Fsp3) is 0.139. The van der Waals surface area contributed by atoms with Crippen LogP contribution in [0.25, 0.3) is 34.5 Å². The van der Waals surface area contributed by atoms with Crippen LogP contribution in [0.4, 0.5) is 10.5 Å². The predicted octanol–water partition coefficient (Wildman–Crippen LogP) is 8.64. The molecule has 9 nitrogen and oxygen atoms in total. The van der Waals surface area contributed by atoms with Crippen LogP contribution in [0.2, 0.25) is 10.0 Å². The van der Waals surface area contributed by atoms with Crippen molar-refractivity contribution in [1.29, 1.82) is 0 Å². The Morgan fingerprint density at radius 2 is 1.64 bits per heavy atom. The van der Waals surface area contributed by atoms with Gasteiger partial charge in [-0.2, -0.15) is 0 Å². The molecule has 0 unspecified atom stereocenters. The number of amides is 1. The smallest absolute Gasteiger partial charge is 0.411 e. The lowest BCUT2D eigenvalue weighted by molar-refractivity contribution is 0.0696. The molecule has 0 aliphatic carbocycles. The van der Waals surface area contributed by atoms with Gasteiger partial charge >= 0.3 is 12.1 Å². The summed E-state index contributed by atoms with van der Waals surface area (Å²) in [7, 11) is 3.07. The summed E-state index contributed by atoms with van der Waals surface area (Å²) in [6, 6.07) is 25.5. The van der Waals surface area contributed by atoms with Crippen LogP contribution in [-0.2, 0) is 16.0 Å². The van der Waals surface area contributed by atoms with Gasteiger partial charge in [0.05, 0.1) is 35.7 Å². The fourth-order valence-electron chi connectivity index (χ4n) is 4.76. The molecular weight excluding hydrogens is 641 g/mol. The van der Waals surface area contributed by atoms with Crippen molar-refractivity contribution in [1.82, 2.24) is 9.55 Å². The second kappa shape index (κ2) is 15.5. The Morgan fingerprint density at radius 1 is 0.894 bits per heavy atom. The first kappa shape index (κ1) is 33.3. The van der Waals surface area contributed by atoms with Gasteiger partial charge in [0.25, 0.3) is 0 Å². The summed E-state index contributed by atoms with van der Waals surface area (Å²) in [6.07, 6.45) is 5.20. The summed E-state index contributed by atoms with van der Waals surface area (Å²) in [5.74, 6) is 0.208. The molecule has 11 heteroatoms. The highest BCUT2D eigenvalue weighted by Gasteiger charge is 2.13. The number of carboxylic acids is 1. The molecule has 0 aliphatic rings. The minimum atomic E-state index is -0.974. The van der Waals surface area contributed by atoms with Crippen molar-refractivity contribution in [2.24, 2.45) is 0 Å². The van der Waals surface area contributed by atoms with E-state index < -0.39 is 12.1 Å². The largest absolute Gasteiger partial charge is 0.495 e. The van der Waals surface area contributed by atoms with Gasteiger partial charge in [-0.05, 0) is 70.8 Å². The zero-order valence-electron chi connectivity index (χ0n) is 25.6. The van der Waals surface area contributed by atoms with E-state index >= 15 is 0 Å². The van der Waals surface area contributed by atoms with Crippen LogP contribution in [0.1, 0.15) is 27.3 Å². The van der Waals surface area contributed by atoms with Crippen molar-refractivity contribution in [3.05, 3.63) is 124 Å². The van der Waals surface area contributed by atoms with E-state index in [2.05, 4.69) is 5.32 Å². The number of nitrogens with one attached hydrogen (secondary N) is 1. The Balaban J connectivity index is 1.36. The van der Waals surface area contributed by atoms with Crippen molar-refractivity contribution in [2.45, 2.75) is 6.54 Å². The molecule has 0 fully saturated rings. The van der Waals surface area contributed by atoms with Crippen LogP contribution in [0.5, 0.6) is 5.75 Å². The molecule has 5 rings (SSSR count). The van der Waals surface area contributed by atoms with Gasteiger partial charge < -0.3 is 23.9 Å². The van der Waals surface area contributed by atoms with E-state index in [0.29, 0.717) is 46.2 Å². The summed E-state index contributed by atoms with van der Waals surface area (Å²) in [6.45, 7) is 0.918. The number of ether oxygens (including phenoxy) is 3. The van der Waals surface area contributed by atoms with Gasteiger partial charge in [0.1, 0.15) is 18.2 Å². The van der Waals surface area contributed by atoms with E-state index in [-0.39, 0.29) is 12.2 Å². The number of aromatic nitrogens is 2. The topological polar surface area (TPSA) is 112 Å². The molecule has 0 radical (unpaired) electrons. The SMILES string of the molecule is COCCOC(=O)Nc1ccc(-c2ccc(C=Cc3nc(-c4ccc(Cl)cc4Cl)cn3Cc3ccc(C(=O)O)cc3)cc2)cc1OC. The summed E-state index contributed by atoms with van der Waals surface area (Å²) >= 11 is 12.6. The average Bonchev–Trinajstić information content (AvgIpc) is 3.46. The monoisotopic (exact) mass is 671 g/mol. The molecule has 0 atom stereocenters. The number of rotatable bonds is 12. The van der Waals surface area contributed by atoms with Crippen LogP contribution < -0.4 is 10.1 Å².